The monoisotopic (exact) mass is 566 g/mol. The first-order valence-electron chi connectivity index (χ1n) is 8.44. The van der Waals surface area contributed by atoms with Crippen LogP contribution in [0, 0.1) is 0 Å². The van der Waals surface area contributed by atoms with E-state index in [1.807, 2.05) is 0 Å². The number of nitrogens with one attached hydrogen (secondary N) is 1. The van der Waals surface area contributed by atoms with Crippen molar-refractivity contribution in [2.45, 2.75) is 17.2 Å². The van der Waals surface area contributed by atoms with Gasteiger partial charge in [-0.3, -0.25) is 4.79 Å². The van der Waals surface area contributed by atoms with Crippen molar-refractivity contribution in [3.63, 3.8) is 0 Å². The Hall–Kier alpha value is -2.55. The number of amides is 1. The zero-order valence-electron chi connectivity index (χ0n) is 15.8. The highest BCUT2D eigenvalue weighted by molar-refractivity contribution is 7.90. The molecule has 0 aliphatic heterocycles. The third-order valence-corrected chi connectivity index (χ3v) is 6.42. The minimum absolute atomic E-state index is 0.0314. The summed E-state index contributed by atoms with van der Waals surface area (Å²) >= 11 is 17.2. The average molecular weight is 568 g/mol. The number of aromatic nitrogens is 3. The number of nitrogens with zero attached hydrogens (tertiary/aromatic N) is 3. The summed E-state index contributed by atoms with van der Waals surface area (Å²) in [6.45, 7) is 0. The Kier molecular flexibility index (Phi) is 6.83. The summed E-state index contributed by atoms with van der Waals surface area (Å²) in [6, 6.07) is 4.53. The molecule has 1 heterocycles. The van der Waals surface area contributed by atoms with E-state index in [1.165, 1.54) is 10.8 Å². The first-order valence-corrected chi connectivity index (χ1v) is 11.1. The van der Waals surface area contributed by atoms with E-state index in [1.54, 1.807) is 0 Å². The van der Waals surface area contributed by atoms with Crippen LogP contribution in [0.3, 0.4) is 0 Å². The van der Waals surface area contributed by atoms with Crippen LogP contribution in [-0.2, 0) is 22.4 Å². The second-order valence-electron chi connectivity index (χ2n) is 6.37. The van der Waals surface area contributed by atoms with Crippen molar-refractivity contribution in [3.05, 3.63) is 68.4 Å². The SMILES string of the molecule is O=C(NS(=O)(=O)c1cc(Cl)ccc1Cl)c1nnn(-c2ccc(C(F)(F)F)cc2Cl)c1C(F)(F)F. The molecule has 1 N–H and O–H groups in total. The Labute approximate surface area is 201 Å². The van der Waals surface area contributed by atoms with E-state index < -0.39 is 60.8 Å². The Morgan fingerprint density at radius 2 is 1.56 bits per heavy atom. The lowest BCUT2D eigenvalue weighted by Crippen LogP contribution is -2.33. The molecule has 3 aromatic rings. The van der Waals surface area contributed by atoms with Gasteiger partial charge in [-0.1, -0.05) is 40.0 Å². The molecule has 7 nitrogen and oxygen atoms in total. The molecule has 0 spiro atoms. The number of alkyl halides is 6. The number of hydrogen-bond acceptors (Lipinski definition) is 5. The van der Waals surface area contributed by atoms with Gasteiger partial charge in [0.15, 0.2) is 11.4 Å². The molecule has 0 aliphatic rings. The van der Waals surface area contributed by atoms with E-state index in [4.69, 9.17) is 34.8 Å². The summed E-state index contributed by atoms with van der Waals surface area (Å²) in [5.41, 5.74) is -5.34. The standard InChI is InChI=1S/C17H7Cl3F6N4O3S/c18-8-2-3-9(19)12(6-8)34(32,33)28-15(31)13-14(17(24,25)26)30(29-27-13)11-4-1-7(5-10(11)20)16(21,22)23/h1-6H,(H,28,31). The van der Waals surface area contributed by atoms with Crippen LogP contribution in [0.5, 0.6) is 0 Å². The highest BCUT2D eigenvalue weighted by Crippen LogP contribution is 2.37. The van der Waals surface area contributed by atoms with Crippen LogP contribution in [-0.4, -0.2) is 29.3 Å². The summed E-state index contributed by atoms with van der Waals surface area (Å²) in [5, 5.41) is 4.92. The maximum atomic E-state index is 13.8. The zero-order valence-corrected chi connectivity index (χ0v) is 18.9. The van der Waals surface area contributed by atoms with Gasteiger partial charge in [-0.25, -0.2) is 17.8 Å². The summed E-state index contributed by atoms with van der Waals surface area (Å²) in [7, 11) is -4.82. The van der Waals surface area contributed by atoms with Gasteiger partial charge in [0.25, 0.3) is 15.9 Å². The molecule has 0 saturated carbocycles. The van der Waals surface area contributed by atoms with Gasteiger partial charge in [-0.2, -0.15) is 26.3 Å². The summed E-state index contributed by atoms with van der Waals surface area (Å²) in [5.74, 6) is -1.85. The Bertz CT molecular complexity index is 1390. The highest BCUT2D eigenvalue weighted by atomic mass is 35.5. The van der Waals surface area contributed by atoms with Gasteiger partial charge in [0, 0.05) is 5.02 Å². The average Bonchev–Trinajstić information content (AvgIpc) is 3.14. The molecule has 182 valence electrons. The molecule has 0 fully saturated rings. The Morgan fingerprint density at radius 1 is 0.912 bits per heavy atom. The van der Waals surface area contributed by atoms with Gasteiger partial charge in [-0.15, -0.1) is 5.10 Å². The van der Waals surface area contributed by atoms with Crippen LogP contribution in [0.1, 0.15) is 21.7 Å². The number of carbonyl (C=O) groups excluding carboxylic acids is 1. The third-order valence-electron chi connectivity index (χ3n) is 4.07. The second kappa shape index (κ2) is 8.91. The maximum absolute atomic E-state index is 13.8. The lowest BCUT2D eigenvalue weighted by Gasteiger charge is -2.14. The molecule has 1 amide bonds. The summed E-state index contributed by atoms with van der Waals surface area (Å²) < 4.78 is 106. The minimum Gasteiger partial charge on any atom is -0.266 e. The molecule has 3 rings (SSSR count). The molecule has 1 aromatic heterocycles. The number of rotatable bonds is 4. The second-order valence-corrected chi connectivity index (χ2v) is 9.27. The van der Waals surface area contributed by atoms with Gasteiger partial charge < -0.3 is 0 Å². The third kappa shape index (κ3) is 5.24. The molecule has 34 heavy (non-hydrogen) atoms. The normalized spacial score (nSPS) is 12.6. The molecular weight excluding hydrogens is 561 g/mol. The topological polar surface area (TPSA) is 93.9 Å². The van der Waals surface area contributed by atoms with Gasteiger partial charge in [-0.05, 0) is 36.4 Å². The largest absolute Gasteiger partial charge is 0.435 e. The van der Waals surface area contributed by atoms with Crippen LogP contribution in [0.15, 0.2) is 41.3 Å². The van der Waals surface area contributed by atoms with E-state index in [2.05, 4.69) is 10.3 Å². The number of hydrogen-bond donors (Lipinski definition) is 1. The van der Waals surface area contributed by atoms with Gasteiger partial charge in [0.05, 0.1) is 21.3 Å². The van der Waals surface area contributed by atoms with Crippen molar-refractivity contribution in [3.8, 4) is 5.69 Å². The van der Waals surface area contributed by atoms with Crippen molar-refractivity contribution in [2.75, 3.05) is 0 Å². The molecule has 2 aromatic carbocycles. The number of benzene rings is 2. The maximum Gasteiger partial charge on any atom is 0.435 e. The predicted molar refractivity (Wildman–Crippen MR) is 107 cm³/mol. The van der Waals surface area contributed by atoms with Gasteiger partial charge in [0.1, 0.15) is 4.90 Å². The molecule has 0 radical (unpaired) electrons. The summed E-state index contributed by atoms with van der Waals surface area (Å²) in [4.78, 5) is 11.7. The molecule has 0 bridgehead atoms. The van der Waals surface area contributed by atoms with Crippen molar-refractivity contribution < 1.29 is 39.6 Å². The smallest absolute Gasteiger partial charge is 0.266 e. The van der Waals surface area contributed by atoms with E-state index in [9.17, 15) is 39.6 Å². The fourth-order valence-electron chi connectivity index (χ4n) is 2.62. The fraction of sp³-hybridized carbons (Fsp3) is 0.118. The van der Waals surface area contributed by atoms with Crippen LogP contribution in [0.25, 0.3) is 5.69 Å². The molecule has 0 aliphatic carbocycles. The Morgan fingerprint density at radius 3 is 2.12 bits per heavy atom. The van der Waals surface area contributed by atoms with Crippen molar-refractivity contribution in [1.29, 1.82) is 0 Å². The molecule has 0 unspecified atom stereocenters. The molecule has 0 atom stereocenters. The van der Waals surface area contributed by atoms with Crippen LogP contribution in [0.2, 0.25) is 15.1 Å². The van der Waals surface area contributed by atoms with E-state index in [0.29, 0.717) is 18.2 Å². The molecular formula is C17H7Cl3F6N4O3S. The fourth-order valence-corrected chi connectivity index (χ4v) is 4.60. The lowest BCUT2D eigenvalue weighted by atomic mass is 10.2. The minimum atomic E-state index is -5.36. The molecule has 17 heteroatoms. The summed E-state index contributed by atoms with van der Waals surface area (Å²) in [6.07, 6.45) is -10.2. The van der Waals surface area contributed by atoms with Crippen LogP contribution in [0.4, 0.5) is 26.3 Å². The van der Waals surface area contributed by atoms with Crippen molar-refractivity contribution in [1.82, 2.24) is 19.7 Å². The highest BCUT2D eigenvalue weighted by Gasteiger charge is 2.43. The first kappa shape index (κ1) is 26.1. The van der Waals surface area contributed by atoms with E-state index in [-0.39, 0.29) is 14.7 Å². The zero-order chi connectivity index (χ0) is 25.6. The quantitative estimate of drug-likeness (QED) is 0.427. The lowest BCUT2D eigenvalue weighted by molar-refractivity contribution is -0.143. The predicted octanol–water partition coefficient (Wildman–Crippen LogP) is 5.38. The van der Waals surface area contributed by atoms with Gasteiger partial charge in [0.2, 0.25) is 0 Å². The van der Waals surface area contributed by atoms with E-state index >= 15 is 0 Å². The van der Waals surface area contributed by atoms with Gasteiger partial charge >= 0.3 is 12.4 Å². The van der Waals surface area contributed by atoms with Crippen LogP contribution < -0.4 is 4.72 Å². The van der Waals surface area contributed by atoms with Crippen LogP contribution >= 0.6 is 34.8 Å². The number of sulfonamides is 1. The number of halogens is 9. The first-order chi connectivity index (χ1) is 15.5. The van der Waals surface area contributed by atoms with Crippen molar-refractivity contribution in [2.24, 2.45) is 0 Å². The number of carbonyl (C=O) groups is 1. The van der Waals surface area contributed by atoms with Crippen molar-refractivity contribution >= 4 is 50.7 Å². The molecule has 0 saturated heterocycles. The van der Waals surface area contributed by atoms with E-state index in [0.717, 1.165) is 12.1 Å². The Balaban J connectivity index is 2.08.